The van der Waals surface area contributed by atoms with Crippen molar-refractivity contribution in [1.29, 1.82) is 0 Å². The zero-order valence-corrected chi connectivity index (χ0v) is 7.57. The number of halogens is 1. The number of H-pyrrole nitrogens is 1. The average molecular weight is 206 g/mol. The van der Waals surface area contributed by atoms with Crippen LogP contribution in [0, 0.1) is 5.82 Å². The summed E-state index contributed by atoms with van der Waals surface area (Å²) in [5.74, 6) is -0.949. The highest BCUT2D eigenvalue weighted by molar-refractivity contribution is 5.74. The maximum absolute atomic E-state index is 13.0. The molecule has 4 nitrogen and oxygen atoms in total. The van der Waals surface area contributed by atoms with Crippen LogP contribution in [-0.4, -0.2) is 21.4 Å². The van der Waals surface area contributed by atoms with Crippen LogP contribution in [0.2, 0.25) is 0 Å². The number of benzene rings is 1. The SMILES string of the molecule is O=Cc1cnc(-c2cccc(F)c2O)[nH]1. The molecule has 1 aromatic carbocycles. The van der Waals surface area contributed by atoms with E-state index < -0.39 is 11.6 Å². The van der Waals surface area contributed by atoms with Gasteiger partial charge in [-0.1, -0.05) is 6.07 Å². The predicted octanol–water partition coefficient (Wildman–Crippen LogP) is 1.73. The summed E-state index contributed by atoms with van der Waals surface area (Å²) < 4.78 is 13.0. The van der Waals surface area contributed by atoms with Gasteiger partial charge in [-0.3, -0.25) is 4.79 Å². The smallest absolute Gasteiger partial charge is 0.167 e. The number of nitrogens with zero attached hydrogens (tertiary/aromatic N) is 1. The first-order chi connectivity index (χ1) is 7.22. The maximum Gasteiger partial charge on any atom is 0.167 e. The Morgan fingerprint density at radius 3 is 2.93 bits per heavy atom. The number of imidazole rings is 1. The molecule has 0 amide bonds. The largest absolute Gasteiger partial charge is 0.504 e. The summed E-state index contributed by atoms with van der Waals surface area (Å²) >= 11 is 0. The maximum atomic E-state index is 13.0. The van der Waals surface area contributed by atoms with E-state index in [1.54, 1.807) is 0 Å². The van der Waals surface area contributed by atoms with Gasteiger partial charge in [-0.25, -0.2) is 9.37 Å². The van der Waals surface area contributed by atoms with Crippen LogP contribution in [0.1, 0.15) is 10.5 Å². The van der Waals surface area contributed by atoms with Crippen molar-refractivity contribution in [2.45, 2.75) is 0 Å². The quantitative estimate of drug-likeness (QED) is 0.735. The minimum absolute atomic E-state index is 0.225. The van der Waals surface area contributed by atoms with Crippen LogP contribution in [0.4, 0.5) is 4.39 Å². The third-order valence-corrected chi connectivity index (χ3v) is 1.96. The summed E-state index contributed by atoms with van der Waals surface area (Å²) in [6.07, 6.45) is 1.90. The molecule has 2 N–H and O–H groups in total. The summed E-state index contributed by atoms with van der Waals surface area (Å²) in [4.78, 5) is 16.9. The number of hydrogen-bond donors (Lipinski definition) is 2. The second-order valence-electron chi connectivity index (χ2n) is 2.94. The minimum atomic E-state index is -0.725. The predicted molar refractivity (Wildman–Crippen MR) is 51.0 cm³/mol. The van der Waals surface area contributed by atoms with Crippen molar-refractivity contribution >= 4 is 6.29 Å². The van der Waals surface area contributed by atoms with Gasteiger partial charge in [-0.2, -0.15) is 0 Å². The lowest BCUT2D eigenvalue weighted by Crippen LogP contribution is -1.85. The van der Waals surface area contributed by atoms with E-state index in [9.17, 15) is 14.3 Å². The van der Waals surface area contributed by atoms with E-state index in [-0.39, 0.29) is 17.1 Å². The molecule has 1 aromatic heterocycles. The van der Waals surface area contributed by atoms with E-state index in [4.69, 9.17) is 0 Å². The van der Waals surface area contributed by atoms with Crippen LogP contribution in [-0.2, 0) is 0 Å². The average Bonchev–Trinajstić information content (AvgIpc) is 2.70. The number of aldehydes is 1. The monoisotopic (exact) mass is 206 g/mol. The standard InChI is InChI=1S/C10H7FN2O2/c11-8-3-1-2-7(9(8)15)10-12-4-6(5-14)13-10/h1-5,15H,(H,12,13). The first-order valence-corrected chi connectivity index (χ1v) is 4.20. The zero-order chi connectivity index (χ0) is 10.8. The summed E-state index contributed by atoms with van der Waals surface area (Å²) in [6.45, 7) is 0. The molecule has 5 heteroatoms. The number of phenolic OH excluding ortho intramolecular Hbond substituents is 1. The van der Waals surface area contributed by atoms with Crippen molar-refractivity contribution in [3.8, 4) is 17.1 Å². The highest BCUT2D eigenvalue weighted by Crippen LogP contribution is 2.28. The first kappa shape index (κ1) is 9.39. The highest BCUT2D eigenvalue weighted by atomic mass is 19.1. The van der Waals surface area contributed by atoms with Crippen molar-refractivity contribution in [2.24, 2.45) is 0 Å². The highest BCUT2D eigenvalue weighted by Gasteiger charge is 2.11. The van der Waals surface area contributed by atoms with Gasteiger partial charge in [-0.15, -0.1) is 0 Å². The van der Waals surface area contributed by atoms with Gasteiger partial charge in [0.2, 0.25) is 0 Å². The minimum Gasteiger partial charge on any atom is -0.504 e. The Hall–Kier alpha value is -2.17. The number of carbonyl (C=O) groups excluding carboxylic acids is 1. The molecule has 0 aliphatic carbocycles. The van der Waals surface area contributed by atoms with Crippen molar-refractivity contribution in [3.05, 3.63) is 35.9 Å². The lowest BCUT2D eigenvalue weighted by atomic mass is 10.2. The Labute approximate surface area is 84.4 Å². The van der Waals surface area contributed by atoms with Crippen LogP contribution in [0.3, 0.4) is 0 Å². The number of aromatic amines is 1. The fourth-order valence-corrected chi connectivity index (χ4v) is 1.24. The van der Waals surface area contributed by atoms with Crippen LogP contribution in [0.5, 0.6) is 5.75 Å². The van der Waals surface area contributed by atoms with Crippen LogP contribution >= 0.6 is 0 Å². The summed E-state index contributed by atoms with van der Waals surface area (Å²) in [5, 5.41) is 9.41. The fraction of sp³-hybridized carbons (Fsp3) is 0. The fourth-order valence-electron chi connectivity index (χ4n) is 1.24. The number of rotatable bonds is 2. The van der Waals surface area contributed by atoms with Crippen molar-refractivity contribution in [3.63, 3.8) is 0 Å². The molecular formula is C10H7FN2O2. The number of para-hydroxylation sites is 1. The number of carbonyl (C=O) groups is 1. The van der Waals surface area contributed by atoms with Crippen molar-refractivity contribution < 1.29 is 14.3 Å². The third-order valence-electron chi connectivity index (χ3n) is 1.96. The van der Waals surface area contributed by atoms with E-state index in [2.05, 4.69) is 9.97 Å². The van der Waals surface area contributed by atoms with E-state index in [1.807, 2.05) is 0 Å². The number of aromatic hydroxyl groups is 1. The second kappa shape index (κ2) is 3.53. The molecule has 0 radical (unpaired) electrons. The molecule has 76 valence electrons. The number of nitrogens with one attached hydrogen (secondary N) is 1. The van der Waals surface area contributed by atoms with Gasteiger partial charge >= 0.3 is 0 Å². The van der Waals surface area contributed by atoms with Crippen LogP contribution < -0.4 is 0 Å². The normalized spacial score (nSPS) is 10.2. The van der Waals surface area contributed by atoms with Gasteiger partial charge in [0.05, 0.1) is 17.5 Å². The molecule has 0 saturated carbocycles. The summed E-state index contributed by atoms with van der Waals surface area (Å²) in [6, 6.07) is 4.10. The Kier molecular flexibility index (Phi) is 2.21. The third kappa shape index (κ3) is 1.59. The van der Waals surface area contributed by atoms with Gasteiger partial charge in [0.25, 0.3) is 0 Å². The molecule has 0 aliphatic rings. The molecule has 0 bridgehead atoms. The Morgan fingerprint density at radius 2 is 2.27 bits per heavy atom. The van der Waals surface area contributed by atoms with Gasteiger partial charge < -0.3 is 10.1 Å². The molecule has 15 heavy (non-hydrogen) atoms. The van der Waals surface area contributed by atoms with E-state index in [0.717, 1.165) is 6.07 Å². The molecule has 0 spiro atoms. The topological polar surface area (TPSA) is 66.0 Å². The molecule has 2 rings (SSSR count). The van der Waals surface area contributed by atoms with Gasteiger partial charge in [0.15, 0.2) is 17.9 Å². The number of phenols is 1. The molecule has 0 fully saturated rings. The Bertz CT molecular complexity index is 508. The molecule has 0 unspecified atom stereocenters. The summed E-state index contributed by atoms with van der Waals surface area (Å²) in [7, 11) is 0. The lowest BCUT2D eigenvalue weighted by Gasteiger charge is -2.01. The van der Waals surface area contributed by atoms with Crippen molar-refractivity contribution in [1.82, 2.24) is 9.97 Å². The second-order valence-corrected chi connectivity index (χ2v) is 2.94. The molecule has 0 aliphatic heterocycles. The lowest BCUT2D eigenvalue weighted by molar-refractivity contribution is 0.111. The van der Waals surface area contributed by atoms with Gasteiger partial charge in [0.1, 0.15) is 5.82 Å². The van der Waals surface area contributed by atoms with Crippen molar-refractivity contribution in [2.75, 3.05) is 0 Å². The first-order valence-electron chi connectivity index (χ1n) is 4.20. The molecule has 0 atom stereocenters. The van der Waals surface area contributed by atoms with E-state index in [1.165, 1.54) is 18.3 Å². The molecule has 1 heterocycles. The van der Waals surface area contributed by atoms with Gasteiger partial charge in [0, 0.05) is 0 Å². The molecular weight excluding hydrogens is 199 g/mol. The van der Waals surface area contributed by atoms with E-state index >= 15 is 0 Å². The Balaban J connectivity index is 2.53. The molecule has 2 aromatic rings. The van der Waals surface area contributed by atoms with E-state index in [0.29, 0.717) is 6.29 Å². The van der Waals surface area contributed by atoms with Crippen LogP contribution in [0.15, 0.2) is 24.4 Å². The molecule has 0 saturated heterocycles. The Morgan fingerprint density at radius 1 is 1.47 bits per heavy atom. The number of hydrogen-bond acceptors (Lipinski definition) is 3. The zero-order valence-electron chi connectivity index (χ0n) is 7.57. The summed E-state index contributed by atoms with van der Waals surface area (Å²) in [5.41, 5.74) is 0.497. The van der Waals surface area contributed by atoms with Gasteiger partial charge in [-0.05, 0) is 12.1 Å². The number of aromatic nitrogens is 2. The van der Waals surface area contributed by atoms with Crippen LogP contribution in [0.25, 0.3) is 11.4 Å².